The lowest BCUT2D eigenvalue weighted by atomic mass is 10.2. The second kappa shape index (κ2) is 7.21. The highest BCUT2D eigenvalue weighted by atomic mass is 32.2. The number of amides is 1. The van der Waals surface area contributed by atoms with Crippen molar-refractivity contribution >= 4 is 28.7 Å². The van der Waals surface area contributed by atoms with Crippen LogP contribution in [-0.4, -0.2) is 32.2 Å². The number of hydrogen-bond acceptors (Lipinski definition) is 4. The van der Waals surface area contributed by atoms with E-state index in [1.165, 1.54) is 11.8 Å². The maximum absolute atomic E-state index is 12.8. The monoisotopic (exact) mass is 336 g/mol. The number of hydrogen-bond donors (Lipinski definition) is 2. The predicted molar refractivity (Wildman–Crippen MR) is 94.1 cm³/mol. The van der Waals surface area contributed by atoms with Gasteiger partial charge in [-0.05, 0) is 40.2 Å². The highest BCUT2D eigenvalue weighted by Crippen LogP contribution is 2.22. The summed E-state index contributed by atoms with van der Waals surface area (Å²) in [5.74, 6) is 0.191. The fourth-order valence-electron chi connectivity index (χ4n) is 2.36. The predicted octanol–water partition coefficient (Wildman–Crippen LogP) is 2.62. The van der Waals surface area contributed by atoms with Crippen molar-refractivity contribution in [1.29, 1.82) is 0 Å². The average Bonchev–Trinajstić information content (AvgIpc) is 2.84. The molecule has 2 rings (SSSR count). The molecule has 6 nitrogen and oxygen atoms in total. The number of rotatable bonds is 6. The summed E-state index contributed by atoms with van der Waals surface area (Å²) in [6, 6.07) is 1.98. The van der Waals surface area contributed by atoms with E-state index in [1.54, 1.807) is 4.57 Å². The molecule has 2 aromatic heterocycles. The summed E-state index contributed by atoms with van der Waals surface area (Å²) in [6.07, 6.45) is 0.818. The molecule has 0 aliphatic carbocycles. The van der Waals surface area contributed by atoms with Crippen molar-refractivity contribution in [2.45, 2.75) is 58.3 Å². The van der Waals surface area contributed by atoms with Gasteiger partial charge < -0.3 is 10.3 Å². The Morgan fingerprint density at radius 1 is 1.43 bits per heavy atom. The number of carbonyl (C=O) groups is 1. The van der Waals surface area contributed by atoms with Crippen molar-refractivity contribution in [3.8, 4) is 0 Å². The smallest absolute Gasteiger partial charge is 0.278 e. The van der Waals surface area contributed by atoms with Crippen LogP contribution in [0.3, 0.4) is 0 Å². The summed E-state index contributed by atoms with van der Waals surface area (Å²) in [5, 5.41) is 3.44. The molecule has 0 saturated carbocycles. The van der Waals surface area contributed by atoms with Crippen LogP contribution < -0.4 is 10.9 Å². The van der Waals surface area contributed by atoms with E-state index in [1.807, 2.05) is 40.7 Å². The van der Waals surface area contributed by atoms with Crippen molar-refractivity contribution < 1.29 is 4.79 Å². The van der Waals surface area contributed by atoms with Crippen LogP contribution in [0.4, 0.5) is 0 Å². The Labute approximate surface area is 140 Å². The van der Waals surface area contributed by atoms with Crippen molar-refractivity contribution in [3.05, 3.63) is 22.1 Å². The third-order valence-corrected chi connectivity index (χ3v) is 4.55. The van der Waals surface area contributed by atoms with Crippen LogP contribution in [0.1, 0.15) is 45.9 Å². The minimum atomic E-state index is -0.0794. The standard InChI is InChI=1S/C16H24N4O2S/c1-6-11(5)20-15(22)14-12(7-10(4)18-14)19-16(20)23-8-13(21)17-9(2)3/h7,9,11,18H,6,8H2,1-5H3,(H,17,21)/t11-/m0/s1. The Kier molecular flexibility index (Phi) is 5.51. The van der Waals surface area contributed by atoms with Gasteiger partial charge in [0.1, 0.15) is 5.52 Å². The first-order valence-electron chi connectivity index (χ1n) is 7.87. The normalized spacial score (nSPS) is 12.8. The molecule has 0 bridgehead atoms. The molecule has 0 spiro atoms. The first kappa shape index (κ1) is 17.6. The number of aromatic nitrogens is 3. The highest BCUT2D eigenvalue weighted by Gasteiger charge is 2.18. The lowest BCUT2D eigenvalue weighted by molar-refractivity contribution is -0.119. The second-order valence-corrected chi connectivity index (χ2v) is 6.99. The molecule has 1 atom stereocenters. The minimum absolute atomic E-state index is 0.0265. The number of fused-ring (bicyclic) bond motifs is 1. The van der Waals surface area contributed by atoms with Gasteiger partial charge in [0.05, 0.1) is 11.3 Å². The second-order valence-electron chi connectivity index (χ2n) is 6.05. The van der Waals surface area contributed by atoms with E-state index in [0.717, 1.165) is 12.1 Å². The van der Waals surface area contributed by atoms with Crippen LogP contribution in [0, 0.1) is 6.92 Å². The molecule has 23 heavy (non-hydrogen) atoms. The summed E-state index contributed by atoms with van der Waals surface area (Å²) < 4.78 is 1.69. The fraction of sp³-hybridized carbons (Fsp3) is 0.562. The van der Waals surface area contributed by atoms with Crippen molar-refractivity contribution in [2.24, 2.45) is 0 Å². The molecule has 1 amide bonds. The summed E-state index contributed by atoms with van der Waals surface area (Å²) in [6.45, 7) is 9.76. The fourth-order valence-corrected chi connectivity index (χ4v) is 3.27. The van der Waals surface area contributed by atoms with Crippen LogP contribution >= 0.6 is 11.8 Å². The van der Waals surface area contributed by atoms with E-state index >= 15 is 0 Å². The largest absolute Gasteiger partial charge is 0.353 e. The van der Waals surface area contributed by atoms with E-state index in [0.29, 0.717) is 16.2 Å². The number of carbonyl (C=O) groups excluding carboxylic acids is 1. The van der Waals surface area contributed by atoms with Crippen LogP contribution in [0.15, 0.2) is 16.0 Å². The van der Waals surface area contributed by atoms with E-state index < -0.39 is 0 Å². The van der Waals surface area contributed by atoms with Gasteiger partial charge in [0.2, 0.25) is 5.91 Å². The van der Waals surface area contributed by atoms with Crippen LogP contribution in [0.25, 0.3) is 11.0 Å². The number of aromatic amines is 1. The van der Waals surface area contributed by atoms with Crippen molar-refractivity contribution in [3.63, 3.8) is 0 Å². The zero-order valence-electron chi connectivity index (χ0n) is 14.3. The Morgan fingerprint density at radius 3 is 2.74 bits per heavy atom. The molecule has 2 N–H and O–H groups in total. The van der Waals surface area contributed by atoms with Crippen LogP contribution in [0.2, 0.25) is 0 Å². The van der Waals surface area contributed by atoms with E-state index in [-0.39, 0.29) is 29.3 Å². The van der Waals surface area contributed by atoms with Gasteiger partial charge in [0, 0.05) is 17.8 Å². The van der Waals surface area contributed by atoms with Crippen LogP contribution in [0.5, 0.6) is 0 Å². The number of aryl methyl sites for hydroxylation is 1. The summed E-state index contributed by atoms with van der Waals surface area (Å²) in [4.78, 5) is 32.3. The topological polar surface area (TPSA) is 79.8 Å². The van der Waals surface area contributed by atoms with Crippen molar-refractivity contribution in [1.82, 2.24) is 19.9 Å². The number of thioether (sulfide) groups is 1. The summed E-state index contributed by atoms with van der Waals surface area (Å²) in [5.41, 5.74) is 2.00. The molecule has 0 aromatic carbocycles. The molecule has 7 heteroatoms. The molecule has 0 radical (unpaired) electrons. The molecular weight excluding hydrogens is 312 g/mol. The maximum Gasteiger partial charge on any atom is 0.278 e. The molecule has 0 fully saturated rings. The molecular formula is C16H24N4O2S. The van der Waals surface area contributed by atoms with Gasteiger partial charge >= 0.3 is 0 Å². The van der Waals surface area contributed by atoms with E-state index in [2.05, 4.69) is 15.3 Å². The van der Waals surface area contributed by atoms with E-state index in [4.69, 9.17) is 0 Å². The first-order valence-corrected chi connectivity index (χ1v) is 8.86. The lowest BCUT2D eigenvalue weighted by Gasteiger charge is -2.17. The SMILES string of the molecule is CC[C@H](C)n1c(SCC(=O)NC(C)C)nc2cc(C)[nH]c2c1=O. The zero-order valence-corrected chi connectivity index (χ0v) is 15.1. The highest BCUT2D eigenvalue weighted by molar-refractivity contribution is 7.99. The minimum Gasteiger partial charge on any atom is -0.353 e. The van der Waals surface area contributed by atoms with Gasteiger partial charge in [-0.25, -0.2) is 4.98 Å². The van der Waals surface area contributed by atoms with Gasteiger partial charge in [0.25, 0.3) is 5.56 Å². The van der Waals surface area contributed by atoms with Gasteiger partial charge in [-0.15, -0.1) is 0 Å². The Hall–Kier alpha value is -1.76. The Morgan fingerprint density at radius 2 is 2.13 bits per heavy atom. The first-order chi connectivity index (χ1) is 10.8. The molecule has 2 aromatic rings. The third kappa shape index (κ3) is 3.96. The van der Waals surface area contributed by atoms with Gasteiger partial charge in [-0.3, -0.25) is 14.2 Å². The van der Waals surface area contributed by atoms with Gasteiger partial charge in [-0.2, -0.15) is 0 Å². The van der Waals surface area contributed by atoms with Crippen molar-refractivity contribution in [2.75, 3.05) is 5.75 Å². The molecule has 0 unspecified atom stereocenters. The van der Waals surface area contributed by atoms with Crippen LogP contribution in [-0.2, 0) is 4.79 Å². The third-order valence-electron chi connectivity index (χ3n) is 3.60. The lowest BCUT2D eigenvalue weighted by Crippen LogP contribution is -2.32. The Balaban J connectivity index is 2.40. The molecule has 126 valence electrons. The molecule has 0 saturated heterocycles. The zero-order chi connectivity index (χ0) is 17.1. The van der Waals surface area contributed by atoms with Gasteiger partial charge in [-0.1, -0.05) is 18.7 Å². The van der Waals surface area contributed by atoms with E-state index in [9.17, 15) is 9.59 Å². The summed E-state index contributed by atoms with van der Waals surface area (Å²) in [7, 11) is 0. The van der Waals surface area contributed by atoms with Gasteiger partial charge in [0.15, 0.2) is 5.16 Å². The molecule has 0 aliphatic rings. The Bertz CT molecular complexity index is 763. The molecule has 0 aliphatic heterocycles. The molecule has 2 heterocycles. The number of nitrogens with one attached hydrogen (secondary N) is 2. The number of H-pyrrole nitrogens is 1. The average molecular weight is 336 g/mol. The quantitative estimate of drug-likeness (QED) is 0.628. The summed E-state index contributed by atoms with van der Waals surface area (Å²) >= 11 is 1.31. The number of nitrogens with zero attached hydrogens (tertiary/aromatic N) is 2. The maximum atomic E-state index is 12.8.